The van der Waals surface area contributed by atoms with Crippen molar-refractivity contribution >= 4 is 45.2 Å². The van der Waals surface area contributed by atoms with Gasteiger partial charge in [0.05, 0.1) is 6.20 Å². The minimum absolute atomic E-state index is 0.0745. The third kappa shape index (κ3) is 1.16. The number of hydrogen-bond acceptors (Lipinski definition) is 3. The van der Waals surface area contributed by atoms with Gasteiger partial charge >= 0.3 is 0 Å². The highest BCUT2D eigenvalue weighted by molar-refractivity contribution is 14.1. The average Bonchev–Trinajstić information content (AvgIpc) is 2.43. The van der Waals surface area contributed by atoms with Crippen molar-refractivity contribution in [1.82, 2.24) is 19.7 Å². The number of aromatic nitrogens is 4. The number of aryl methyl sites for hydroxylation is 1. The van der Waals surface area contributed by atoms with Crippen molar-refractivity contribution in [2.75, 3.05) is 0 Å². The van der Waals surface area contributed by atoms with E-state index < -0.39 is 6.98 Å². The van der Waals surface area contributed by atoms with Crippen LogP contribution in [0.15, 0.2) is 6.20 Å². The second-order valence-corrected chi connectivity index (χ2v) is 3.44. The molecule has 2 heterocycles. The summed E-state index contributed by atoms with van der Waals surface area (Å²) in [5.74, 6) is 0. The van der Waals surface area contributed by atoms with Gasteiger partial charge in [0.25, 0.3) is 0 Å². The Morgan fingerprint density at radius 3 is 3.33 bits per heavy atom. The quantitative estimate of drug-likeness (QED) is 0.548. The largest absolute Gasteiger partial charge is 0.264 e. The van der Waals surface area contributed by atoms with E-state index in [4.69, 9.17) is 15.7 Å². The number of fused-ring (bicyclic) bond motifs is 1. The molecule has 0 aliphatic heterocycles. The molecule has 62 valence electrons. The summed E-state index contributed by atoms with van der Waals surface area (Å²) in [6, 6.07) is 0. The monoisotopic (exact) mass is 297 g/mol. The highest BCUT2D eigenvalue weighted by Crippen LogP contribution is 2.17. The van der Waals surface area contributed by atoms with Gasteiger partial charge in [0.15, 0.2) is 0 Å². The van der Waals surface area contributed by atoms with Gasteiger partial charge in [0, 0.05) is 11.1 Å². The molecule has 0 aliphatic rings. The van der Waals surface area contributed by atoms with Crippen molar-refractivity contribution in [2.24, 2.45) is 6.98 Å². The average molecular weight is 298 g/mol. The summed E-state index contributed by atoms with van der Waals surface area (Å²) < 4.78 is 23.2. The van der Waals surface area contributed by atoms with E-state index in [0.717, 1.165) is 4.68 Å². The number of halogens is 2. The SMILES string of the molecule is [2H]C([2H])([2H])n1nc(I)c2nc(Cl)ncc21. The Morgan fingerprint density at radius 2 is 2.58 bits per heavy atom. The van der Waals surface area contributed by atoms with E-state index >= 15 is 0 Å². The van der Waals surface area contributed by atoms with Crippen LogP contribution in [0.3, 0.4) is 0 Å². The summed E-state index contributed by atoms with van der Waals surface area (Å²) in [7, 11) is 0. The van der Waals surface area contributed by atoms with Gasteiger partial charge in [0.1, 0.15) is 14.7 Å². The van der Waals surface area contributed by atoms with Crippen LogP contribution in [0.5, 0.6) is 0 Å². The molecule has 0 atom stereocenters. The minimum Gasteiger partial charge on any atom is -0.264 e. The highest BCUT2D eigenvalue weighted by atomic mass is 127. The van der Waals surface area contributed by atoms with Gasteiger partial charge in [0.2, 0.25) is 5.28 Å². The normalized spacial score (nSPS) is 15.7. The fourth-order valence-electron chi connectivity index (χ4n) is 0.850. The van der Waals surface area contributed by atoms with Crippen LogP contribution in [-0.4, -0.2) is 19.7 Å². The first-order valence-electron chi connectivity index (χ1n) is 4.47. The number of rotatable bonds is 0. The third-order valence-corrected chi connectivity index (χ3v) is 2.26. The van der Waals surface area contributed by atoms with Crippen LogP contribution in [0.4, 0.5) is 0 Å². The molecule has 0 spiro atoms. The fourth-order valence-corrected chi connectivity index (χ4v) is 1.60. The molecule has 0 bridgehead atoms. The molecule has 0 fully saturated rings. The molecule has 6 heteroatoms. The second kappa shape index (κ2) is 2.81. The van der Waals surface area contributed by atoms with Gasteiger partial charge in [-0.3, -0.25) is 4.68 Å². The molecule has 0 aromatic carbocycles. The highest BCUT2D eigenvalue weighted by Gasteiger charge is 2.07. The summed E-state index contributed by atoms with van der Waals surface area (Å²) in [6.07, 6.45) is 1.35. The van der Waals surface area contributed by atoms with E-state index in [1.165, 1.54) is 6.20 Å². The van der Waals surface area contributed by atoms with Crippen LogP contribution in [-0.2, 0) is 6.98 Å². The molecule has 0 N–H and O–H groups in total. The van der Waals surface area contributed by atoms with Crippen molar-refractivity contribution < 1.29 is 4.11 Å². The topological polar surface area (TPSA) is 43.6 Å². The van der Waals surface area contributed by atoms with Gasteiger partial charge < -0.3 is 0 Å². The molecule has 12 heavy (non-hydrogen) atoms. The molecule has 0 saturated carbocycles. The predicted molar refractivity (Wildman–Crippen MR) is 54.0 cm³/mol. The van der Waals surface area contributed by atoms with Crippen LogP contribution < -0.4 is 0 Å². The predicted octanol–water partition coefficient (Wildman–Crippen LogP) is 1.62. The minimum atomic E-state index is -2.33. The molecule has 0 amide bonds. The molecule has 0 unspecified atom stereocenters. The van der Waals surface area contributed by atoms with E-state index in [9.17, 15) is 0 Å². The Morgan fingerprint density at radius 1 is 1.75 bits per heavy atom. The molecule has 2 aromatic rings. The first kappa shape index (κ1) is 5.33. The fraction of sp³-hybridized carbons (Fsp3) is 0.167. The Labute approximate surface area is 91.3 Å². The molecule has 2 aromatic heterocycles. The maximum atomic E-state index is 7.26. The van der Waals surface area contributed by atoms with E-state index in [0.29, 0.717) is 14.7 Å². The lowest BCUT2D eigenvalue weighted by atomic mass is 10.5. The van der Waals surface area contributed by atoms with Gasteiger partial charge in [-0.25, -0.2) is 9.97 Å². The van der Waals surface area contributed by atoms with Gasteiger partial charge in [-0.15, -0.1) is 0 Å². The van der Waals surface area contributed by atoms with Gasteiger partial charge in [-0.2, -0.15) is 5.10 Å². The Hall–Kier alpha value is -0.430. The summed E-state index contributed by atoms with van der Waals surface area (Å²) >= 11 is 7.52. The second-order valence-electron chi connectivity index (χ2n) is 2.08. The molecule has 0 aliphatic carbocycles. The first-order valence-corrected chi connectivity index (χ1v) is 4.42. The number of hydrogen-bond donors (Lipinski definition) is 0. The Bertz CT molecular complexity index is 523. The van der Waals surface area contributed by atoms with Crippen molar-refractivity contribution in [3.8, 4) is 0 Å². The summed E-state index contributed by atoms with van der Waals surface area (Å²) in [5.41, 5.74) is 0.801. The molecular weight excluding hydrogens is 290 g/mol. The van der Waals surface area contributed by atoms with Gasteiger partial charge in [-0.1, -0.05) is 0 Å². The van der Waals surface area contributed by atoms with E-state index in [1.54, 1.807) is 0 Å². The van der Waals surface area contributed by atoms with Crippen LogP contribution in [0.2, 0.25) is 5.28 Å². The third-order valence-electron chi connectivity index (χ3n) is 1.35. The lowest BCUT2D eigenvalue weighted by Crippen LogP contribution is -1.90. The molecular formula is C6H4ClIN4. The van der Waals surface area contributed by atoms with E-state index in [-0.39, 0.29) is 5.28 Å². The standard InChI is InChI=1S/C6H4ClIN4/c1-12-3-2-9-6(7)10-4(3)5(8)11-12/h2H,1H3/i1D3. The summed E-state index contributed by atoms with van der Waals surface area (Å²) in [6.45, 7) is -2.33. The van der Waals surface area contributed by atoms with Crippen molar-refractivity contribution in [3.05, 3.63) is 15.2 Å². The van der Waals surface area contributed by atoms with E-state index in [1.807, 2.05) is 22.6 Å². The first-order chi connectivity index (χ1) is 6.89. The Kier molecular flexibility index (Phi) is 1.25. The van der Waals surface area contributed by atoms with Crippen LogP contribution in [0.25, 0.3) is 11.0 Å². The molecule has 2 rings (SSSR count). The van der Waals surface area contributed by atoms with E-state index in [2.05, 4.69) is 15.1 Å². The van der Waals surface area contributed by atoms with Crippen LogP contribution >= 0.6 is 34.2 Å². The zero-order valence-electron chi connectivity index (χ0n) is 8.62. The molecule has 0 radical (unpaired) electrons. The summed E-state index contributed by atoms with van der Waals surface area (Å²) in [4.78, 5) is 7.66. The van der Waals surface area contributed by atoms with Crippen molar-refractivity contribution in [3.63, 3.8) is 0 Å². The van der Waals surface area contributed by atoms with Gasteiger partial charge in [-0.05, 0) is 34.2 Å². The zero-order chi connectivity index (χ0) is 11.2. The smallest absolute Gasteiger partial charge is 0.223 e. The lowest BCUT2D eigenvalue weighted by Gasteiger charge is -1.91. The summed E-state index contributed by atoms with van der Waals surface area (Å²) in [5, 5.41) is 3.96. The van der Waals surface area contributed by atoms with Crippen molar-refractivity contribution in [2.45, 2.75) is 0 Å². The van der Waals surface area contributed by atoms with Crippen LogP contribution in [0, 0.1) is 3.70 Å². The van der Waals surface area contributed by atoms with Crippen LogP contribution in [0.1, 0.15) is 4.11 Å². The molecule has 4 nitrogen and oxygen atoms in total. The van der Waals surface area contributed by atoms with Crippen molar-refractivity contribution in [1.29, 1.82) is 0 Å². The maximum absolute atomic E-state index is 7.26. The Balaban J connectivity index is 2.79. The zero-order valence-corrected chi connectivity index (χ0v) is 8.54. The number of nitrogens with zero attached hydrogens (tertiary/aromatic N) is 4. The lowest BCUT2D eigenvalue weighted by molar-refractivity contribution is 0.786. The maximum Gasteiger partial charge on any atom is 0.223 e. The molecule has 0 saturated heterocycles.